The number of nitrogen functional groups attached to an aromatic ring is 1. The van der Waals surface area contributed by atoms with E-state index in [1.54, 1.807) is 0 Å². The Balaban J connectivity index is 3.13. The van der Waals surface area contributed by atoms with Gasteiger partial charge >= 0.3 is 0 Å². The lowest BCUT2D eigenvalue weighted by atomic mass is 10.4. The third kappa shape index (κ3) is 0.753. The molecule has 0 radical (unpaired) electrons. The normalized spacial score (nSPS) is 9.12. The first-order valence-corrected chi connectivity index (χ1v) is 2.15. The first kappa shape index (κ1) is 5.03. The van der Waals surface area contributed by atoms with Crippen molar-refractivity contribution in [3.05, 3.63) is 24.3 Å². The van der Waals surface area contributed by atoms with Crippen LogP contribution in [0.1, 0.15) is 0 Å². The molecule has 0 unspecified atom stereocenters. The van der Waals surface area contributed by atoms with Crippen molar-refractivity contribution in [3.63, 3.8) is 0 Å². The van der Waals surface area contributed by atoms with Gasteiger partial charge in [-0.1, -0.05) is 0 Å². The predicted molar refractivity (Wildman–Crippen MR) is 28.6 cm³/mol. The average molecular weight is 112 g/mol. The molecule has 0 aliphatic rings. The highest BCUT2D eigenvalue weighted by Crippen LogP contribution is 2.03. The molecule has 1 rings (SSSR count). The van der Waals surface area contributed by atoms with Gasteiger partial charge in [0.2, 0.25) is 0 Å². The van der Waals surface area contributed by atoms with Crippen LogP contribution in [0.3, 0.4) is 0 Å². The van der Waals surface area contributed by atoms with Crippen LogP contribution in [0.2, 0.25) is 0 Å². The van der Waals surface area contributed by atoms with E-state index in [9.17, 15) is 4.39 Å². The highest BCUT2D eigenvalue weighted by Gasteiger charge is 1.90. The third-order valence-electron chi connectivity index (χ3n) is 0.796. The minimum Gasteiger partial charge on any atom is -0.395 e. The molecule has 3 heteroatoms. The van der Waals surface area contributed by atoms with Crippen molar-refractivity contribution in [3.8, 4) is 0 Å². The second-order valence-corrected chi connectivity index (χ2v) is 1.40. The maximum absolute atomic E-state index is 12.2. The molecule has 2 nitrogen and oxygen atoms in total. The summed E-state index contributed by atoms with van der Waals surface area (Å²) in [4.78, 5) is 3.58. The van der Waals surface area contributed by atoms with Crippen LogP contribution in [0, 0.1) is 5.82 Å². The van der Waals surface area contributed by atoms with Crippen LogP contribution in [0.15, 0.2) is 18.5 Å². The molecule has 0 aliphatic carbocycles. The van der Waals surface area contributed by atoms with E-state index < -0.39 is 5.82 Å². The van der Waals surface area contributed by atoms with Gasteiger partial charge in [-0.3, -0.25) is 4.98 Å². The first-order chi connectivity index (χ1) is 3.80. The quantitative estimate of drug-likeness (QED) is 0.539. The molecular formula is C5H5FN2. The van der Waals surface area contributed by atoms with E-state index >= 15 is 0 Å². The zero-order valence-corrected chi connectivity index (χ0v) is 4.13. The number of anilines is 1. The van der Waals surface area contributed by atoms with Gasteiger partial charge in [0.05, 0.1) is 11.9 Å². The van der Waals surface area contributed by atoms with E-state index in [2.05, 4.69) is 4.98 Å². The fraction of sp³-hybridized carbons (Fsp3) is 0. The molecule has 2 N–H and O–H groups in total. The van der Waals surface area contributed by atoms with Gasteiger partial charge in [0.25, 0.3) is 0 Å². The average Bonchev–Trinajstić information content (AvgIpc) is 1.77. The molecule has 42 valence electrons. The Hall–Kier alpha value is -1.12. The fourth-order valence-corrected chi connectivity index (χ4v) is 0.390. The SMILES string of the molecule is Nc1cnccc1F. The highest BCUT2D eigenvalue weighted by molar-refractivity contribution is 5.34. The summed E-state index contributed by atoms with van der Waals surface area (Å²) in [5.74, 6) is -0.417. The number of hydrogen-bond acceptors (Lipinski definition) is 2. The zero-order chi connectivity index (χ0) is 5.98. The Morgan fingerprint density at radius 3 is 2.75 bits per heavy atom. The van der Waals surface area contributed by atoms with Crippen LogP contribution in [-0.2, 0) is 0 Å². The van der Waals surface area contributed by atoms with E-state index in [1.165, 1.54) is 18.5 Å². The summed E-state index contributed by atoms with van der Waals surface area (Å²) < 4.78 is 12.2. The summed E-state index contributed by atoms with van der Waals surface area (Å²) in [5.41, 5.74) is 5.17. The van der Waals surface area contributed by atoms with Crippen LogP contribution in [0.25, 0.3) is 0 Å². The molecule has 1 aromatic rings. The summed E-state index contributed by atoms with van der Waals surface area (Å²) in [5, 5.41) is 0. The number of rotatable bonds is 0. The molecule has 0 aromatic carbocycles. The van der Waals surface area contributed by atoms with Crippen LogP contribution >= 0.6 is 0 Å². The molecule has 0 amide bonds. The van der Waals surface area contributed by atoms with Crippen molar-refractivity contribution in [2.75, 3.05) is 5.73 Å². The molecule has 0 atom stereocenters. The molecule has 1 aromatic heterocycles. The highest BCUT2D eigenvalue weighted by atomic mass is 19.1. The predicted octanol–water partition coefficient (Wildman–Crippen LogP) is 0.803. The Morgan fingerprint density at radius 1 is 1.62 bits per heavy atom. The summed E-state index contributed by atoms with van der Waals surface area (Å²) in [7, 11) is 0. The first-order valence-electron chi connectivity index (χ1n) is 2.15. The van der Waals surface area contributed by atoms with Gasteiger partial charge in [-0.05, 0) is 6.07 Å². The van der Waals surface area contributed by atoms with Gasteiger partial charge in [-0.15, -0.1) is 0 Å². The number of nitrogens with two attached hydrogens (primary N) is 1. The number of aromatic nitrogens is 1. The third-order valence-corrected chi connectivity index (χ3v) is 0.796. The standard InChI is InChI=1S/C5H5FN2/c6-4-1-2-8-3-5(4)7/h1-3H,7H2. The summed E-state index contributed by atoms with van der Waals surface area (Å²) in [6.45, 7) is 0. The van der Waals surface area contributed by atoms with Gasteiger partial charge in [-0.2, -0.15) is 0 Å². The maximum atomic E-state index is 12.2. The summed E-state index contributed by atoms with van der Waals surface area (Å²) in [6, 6.07) is 1.22. The van der Waals surface area contributed by atoms with Gasteiger partial charge in [-0.25, -0.2) is 4.39 Å². The zero-order valence-electron chi connectivity index (χ0n) is 4.13. The van der Waals surface area contributed by atoms with E-state index in [4.69, 9.17) is 5.73 Å². The Bertz CT molecular complexity index is 167. The van der Waals surface area contributed by atoms with Crippen molar-refractivity contribution in [1.82, 2.24) is 4.98 Å². The smallest absolute Gasteiger partial charge is 0.149 e. The van der Waals surface area contributed by atoms with Crippen molar-refractivity contribution in [1.29, 1.82) is 0 Å². The Morgan fingerprint density at radius 2 is 2.38 bits per heavy atom. The lowest BCUT2D eigenvalue weighted by Crippen LogP contribution is -1.89. The largest absolute Gasteiger partial charge is 0.395 e. The molecule has 8 heavy (non-hydrogen) atoms. The monoisotopic (exact) mass is 112 g/mol. The van der Waals surface area contributed by atoms with Crippen molar-refractivity contribution in [2.24, 2.45) is 0 Å². The molecular weight excluding hydrogens is 107 g/mol. The number of halogens is 1. The van der Waals surface area contributed by atoms with E-state index in [0.717, 1.165) is 0 Å². The lowest BCUT2D eigenvalue weighted by molar-refractivity contribution is 0.630. The van der Waals surface area contributed by atoms with Crippen molar-refractivity contribution in [2.45, 2.75) is 0 Å². The van der Waals surface area contributed by atoms with E-state index in [0.29, 0.717) is 0 Å². The number of nitrogens with zero attached hydrogens (tertiary/aromatic N) is 1. The molecule has 1 heterocycles. The maximum Gasteiger partial charge on any atom is 0.149 e. The lowest BCUT2D eigenvalue weighted by Gasteiger charge is -1.89. The molecule has 0 saturated carbocycles. The second-order valence-electron chi connectivity index (χ2n) is 1.40. The second kappa shape index (κ2) is 1.78. The van der Waals surface area contributed by atoms with E-state index in [1.807, 2.05) is 0 Å². The van der Waals surface area contributed by atoms with E-state index in [-0.39, 0.29) is 5.69 Å². The Labute approximate surface area is 46.2 Å². The topological polar surface area (TPSA) is 38.9 Å². The summed E-state index contributed by atoms with van der Waals surface area (Å²) in [6.07, 6.45) is 2.63. The minimum atomic E-state index is -0.417. The Kier molecular flexibility index (Phi) is 1.12. The van der Waals surface area contributed by atoms with Crippen LogP contribution in [-0.4, -0.2) is 4.98 Å². The number of pyridine rings is 1. The molecule has 0 spiro atoms. The minimum absolute atomic E-state index is 0.0903. The van der Waals surface area contributed by atoms with Crippen LogP contribution in [0.4, 0.5) is 10.1 Å². The molecule has 0 bridgehead atoms. The van der Waals surface area contributed by atoms with Crippen molar-refractivity contribution >= 4 is 5.69 Å². The van der Waals surface area contributed by atoms with Crippen molar-refractivity contribution < 1.29 is 4.39 Å². The fourth-order valence-electron chi connectivity index (χ4n) is 0.390. The molecule has 0 saturated heterocycles. The number of hydrogen-bond donors (Lipinski definition) is 1. The molecule has 0 aliphatic heterocycles. The van der Waals surface area contributed by atoms with Gasteiger partial charge in [0.15, 0.2) is 0 Å². The van der Waals surface area contributed by atoms with Gasteiger partial charge < -0.3 is 5.73 Å². The van der Waals surface area contributed by atoms with Crippen LogP contribution in [0.5, 0.6) is 0 Å². The van der Waals surface area contributed by atoms with Crippen LogP contribution < -0.4 is 5.73 Å². The molecule has 0 fully saturated rings. The van der Waals surface area contributed by atoms with Gasteiger partial charge in [0.1, 0.15) is 5.82 Å². The van der Waals surface area contributed by atoms with Gasteiger partial charge in [0, 0.05) is 6.20 Å². The summed E-state index contributed by atoms with van der Waals surface area (Å²) >= 11 is 0.